The molecule has 0 aliphatic heterocycles. The molecule has 0 aliphatic rings. The SMILES string of the molecule is Cc1ccc(S(=O)(=O)n2nc(-c3ccccc3)cc2NC(C)(C)C)cc1. The van der Waals surface area contributed by atoms with Crippen molar-refractivity contribution >= 4 is 15.8 Å². The first-order valence-corrected chi connectivity index (χ1v) is 9.87. The molecule has 2 aromatic carbocycles. The van der Waals surface area contributed by atoms with Gasteiger partial charge in [0, 0.05) is 17.2 Å². The van der Waals surface area contributed by atoms with Crippen LogP contribution in [0.1, 0.15) is 26.3 Å². The zero-order valence-electron chi connectivity index (χ0n) is 15.4. The quantitative estimate of drug-likeness (QED) is 0.744. The molecule has 0 atom stereocenters. The lowest BCUT2D eigenvalue weighted by Gasteiger charge is -2.22. The summed E-state index contributed by atoms with van der Waals surface area (Å²) in [6, 6.07) is 18.1. The number of hydrogen-bond donors (Lipinski definition) is 1. The van der Waals surface area contributed by atoms with Gasteiger partial charge in [-0.3, -0.25) is 0 Å². The average molecular weight is 369 g/mol. The summed E-state index contributed by atoms with van der Waals surface area (Å²) in [6.45, 7) is 7.85. The summed E-state index contributed by atoms with van der Waals surface area (Å²) < 4.78 is 27.4. The minimum atomic E-state index is -3.80. The maximum Gasteiger partial charge on any atom is 0.284 e. The maximum absolute atomic E-state index is 13.2. The van der Waals surface area contributed by atoms with Gasteiger partial charge in [0.1, 0.15) is 5.82 Å². The molecule has 0 radical (unpaired) electrons. The van der Waals surface area contributed by atoms with Crippen molar-refractivity contribution < 1.29 is 8.42 Å². The Hall–Kier alpha value is -2.60. The van der Waals surface area contributed by atoms with Gasteiger partial charge in [0.05, 0.1) is 10.6 Å². The molecule has 0 unspecified atom stereocenters. The normalized spacial score (nSPS) is 12.2. The van der Waals surface area contributed by atoms with Crippen LogP contribution in [0.25, 0.3) is 11.3 Å². The largest absolute Gasteiger partial charge is 0.365 e. The van der Waals surface area contributed by atoms with E-state index in [2.05, 4.69) is 10.4 Å². The summed E-state index contributed by atoms with van der Waals surface area (Å²) in [5.74, 6) is 0.442. The van der Waals surface area contributed by atoms with Gasteiger partial charge in [-0.05, 0) is 39.8 Å². The lowest BCUT2D eigenvalue weighted by Crippen LogP contribution is -2.29. The van der Waals surface area contributed by atoms with Crippen molar-refractivity contribution in [3.63, 3.8) is 0 Å². The Kier molecular flexibility index (Phi) is 4.63. The topological polar surface area (TPSA) is 64.0 Å². The predicted octanol–water partition coefficient (Wildman–Crippen LogP) is 4.31. The van der Waals surface area contributed by atoms with Crippen molar-refractivity contribution in [2.75, 3.05) is 5.32 Å². The second-order valence-corrected chi connectivity index (χ2v) is 9.08. The predicted molar refractivity (Wildman–Crippen MR) is 105 cm³/mol. The highest BCUT2D eigenvalue weighted by Gasteiger charge is 2.25. The lowest BCUT2D eigenvalue weighted by molar-refractivity contribution is 0.577. The standard InChI is InChI=1S/C20H23N3O2S/c1-15-10-12-17(13-11-15)26(24,25)23-19(21-20(2,3)4)14-18(22-23)16-8-6-5-7-9-16/h5-14,21H,1-4H3. The summed E-state index contributed by atoms with van der Waals surface area (Å²) in [5, 5.41) is 7.65. The lowest BCUT2D eigenvalue weighted by atomic mass is 10.1. The molecule has 0 bridgehead atoms. The van der Waals surface area contributed by atoms with Crippen LogP contribution in [0, 0.1) is 6.92 Å². The third kappa shape index (κ3) is 3.80. The van der Waals surface area contributed by atoms with E-state index in [0.29, 0.717) is 11.5 Å². The van der Waals surface area contributed by atoms with E-state index in [4.69, 9.17) is 0 Å². The summed E-state index contributed by atoms with van der Waals surface area (Å²) in [4.78, 5) is 0.211. The Balaban J connectivity index is 2.15. The molecule has 1 aromatic heterocycles. The molecule has 1 N–H and O–H groups in total. The molecule has 1 heterocycles. The van der Waals surface area contributed by atoms with Crippen molar-refractivity contribution in [2.45, 2.75) is 38.1 Å². The van der Waals surface area contributed by atoms with Gasteiger partial charge in [-0.15, -0.1) is 4.09 Å². The monoisotopic (exact) mass is 369 g/mol. The average Bonchev–Trinajstić information content (AvgIpc) is 2.99. The van der Waals surface area contributed by atoms with Crippen molar-refractivity contribution in [1.82, 2.24) is 9.19 Å². The van der Waals surface area contributed by atoms with Crippen LogP contribution < -0.4 is 5.32 Å². The molecule has 0 saturated heterocycles. The van der Waals surface area contributed by atoms with E-state index in [9.17, 15) is 8.42 Å². The zero-order chi connectivity index (χ0) is 18.9. The molecule has 5 nitrogen and oxygen atoms in total. The molecule has 0 amide bonds. The number of nitrogens with one attached hydrogen (secondary N) is 1. The Morgan fingerprint density at radius 2 is 1.58 bits per heavy atom. The first-order valence-electron chi connectivity index (χ1n) is 8.43. The first-order chi connectivity index (χ1) is 12.2. The van der Waals surface area contributed by atoms with E-state index >= 15 is 0 Å². The first kappa shape index (κ1) is 18.2. The second kappa shape index (κ2) is 6.61. The molecule has 0 saturated carbocycles. The van der Waals surface area contributed by atoms with Crippen LogP contribution in [0.4, 0.5) is 5.82 Å². The molecule has 3 rings (SSSR count). The van der Waals surface area contributed by atoms with Gasteiger partial charge in [-0.25, -0.2) is 0 Å². The van der Waals surface area contributed by atoms with Crippen LogP contribution in [-0.2, 0) is 10.0 Å². The number of hydrogen-bond acceptors (Lipinski definition) is 4. The highest BCUT2D eigenvalue weighted by atomic mass is 32.2. The molecule has 136 valence electrons. The van der Waals surface area contributed by atoms with Gasteiger partial charge >= 0.3 is 0 Å². The molecule has 3 aromatic rings. The van der Waals surface area contributed by atoms with Crippen molar-refractivity contribution in [3.05, 3.63) is 66.2 Å². The van der Waals surface area contributed by atoms with Gasteiger partial charge in [-0.2, -0.15) is 13.5 Å². The third-order valence-corrected chi connectivity index (χ3v) is 5.40. The maximum atomic E-state index is 13.2. The van der Waals surface area contributed by atoms with E-state index in [1.165, 1.54) is 0 Å². The van der Waals surface area contributed by atoms with E-state index < -0.39 is 10.0 Å². The second-order valence-electron chi connectivity index (χ2n) is 7.32. The van der Waals surface area contributed by atoms with Crippen LogP contribution in [0.15, 0.2) is 65.6 Å². The molecule has 6 heteroatoms. The minimum absolute atomic E-state index is 0.211. The number of benzene rings is 2. The zero-order valence-corrected chi connectivity index (χ0v) is 16.2. The van der Waals surface area contributed by atoms with Crippen molar-refractivity contribution in [3.8, 4) is 11.3 Å². The molecular weight excluding hydrogens is 346 g/mol. The van der Waals surface area contributed by atoms with Gasteiger partial charge in [0.15, 0.2) is 0 Å². The van der Waals surface area contributed by atoms with E-state index in [-0.39, 0.29) is 10.4 Å². The van der Waals surface area contributed by atoms with Crippen LogP contribution >= 0.6 is 0 Å². The molecule has 0 spiro atoms. The van der Waals surface area contributed by atoms with Crippen LogP contribution in [-0.4, -0.2) is 23.1 Å². The summed E-state index contributed by atoms with van der Waals surface area (Å²) in [6.07, 6.45) is 0. The van der Waals surface area contributed by atoms with Gasteiger partial charge in [0.25, 0.3) is 10.0 Å². The fourth-order valence-electron chi connectivity index (χ4n) is 2.58. The van der Waals surface area contributed by atoms with Gasteiger partial charge in [0.2, 0.25) is 0 Å². The fraction of sp³-hybridized carbons (Fsp3) is 0.250. The number of aromatic nitrogens is 2. The summed E-state index contributed by atoms with van der Waals surface area (Å²) in [7, 11) is -3.80. The smallest absolute Gasteiger partial charge is 0.284 e. The third-order valence-electron chi connectivity index (χ3n) is 3.80. The highest BCUT2D eigenvalue weighted by molar-refractivity contribution is 7.90. The van der Waals surface area contributed by atoms with E-state index in [0.717, 1.165) is 15.2 Å². The van der Waals surface area contributed by atoms with E-state index in [1.807, 2.05) is 58.0 Å². The molecular formula is C20H23N3O2S. The Morgan fingerprint density at radius 3 is 2.15 bits per heavy atom. The number of rotatable bonds is 4. The Bertz CT molecular complexity index is 999. The number of anilines is 1. The van der Waals surface area contributed by atoms with Crippen LogP contribution in [0.3, 0.4) is 0 Å². The van der Waals surface area contributed by atoms with Crippen molar-refractivity contribution in [1.29, 1.82) is 0 Å². The Morgan fingerprint density at radius 1 is 0.962 bits per heavy atom. The van der Waals surface area contributed by atoms with Crippen molar-refractivity contribution in [2.24, 2.45) is 0 Å². The fourth-order valence-corrected chi connectivity index (χ4v) is 3.81. The summed E-state index contributed by atoms with van der Waals surface area (Å²) >= 11 is 0. The molecule has 0 aliphatic carbocycles. The van der Waals surface area contributed by atoms with Gasteiger partial charge in [-0.1, -0.05) is 48.0 Å². The summed E-state index contributed by atoms with van der Waals surface area (Å²) in [5.41, 5.74) is 2.16. The molecule has 26 heavy (non-hydrogen) atoms. The van der Waals surface area contributed by atoms with Gasteiger partial charge < -0.3 is 5.32 Å². The van der Waals surface area contributed by atoms with Crippen LogP contribution in [0.2, 0.25) is 0 Å². The number of aryl methyl sites for hydroxylation is 1. The van der Waals surface area contributed by atoms with Crippen LogP contribution in [0.5, 0.6) is 0 Å². The number of nitrogens with zero attached hydrogens (tertiary/aromatic N) is 2. The molecule has 0 fully saturated rings. The minimum Gasteiger partial charge on any atom is -0.365 e. The van der Waals surface area contributed by atoms with E-state index in [1.54, 1.807) is 30.3 Å². The Labute approximate surface area is 154 Å². The highest BCUT2D eigenvalue weighted by Crippen LogP contribution is 2.27.